The second kappa shape index (κ2) is 7.11. The van der Waals surface area contributed by atoms with Crippen molar-refractivity contribution >= 4 is 0 Å². The molecule has 1 aliphatic rings. The predicted molar refractivity (Wildman–Crippen MR) is 91.6 cm³/mol. The number of rotatable bonds is 4. The van der Waals surface area contributed by atoms with Gasteiger partial charge in [0.2, 0.25) is 5.82 Å². The van der Waals surface area contributed by atoms with E-state index in [1.165, 1.54) is 11.3 Å². The zero-order valence-corrected chi connectivity index (χ0v) is 14.3. The number of aromatic nitrogens is 3. The summed E-state index contributed by atoms with van der Waals surface area (Å²) >= 11 is 0. The van der Waals surface area contributed by atoms with Crippen LogP contribution in [0.3, 0.4) is 0 Å². The first kappa shape index (κ1) is 17.7. The SMILES string of the molecule is FC(F)(F)c1nc(-c2ccc(CNC3CCc4ncccc4C3)cc2)no1. The van der Waals surface area contributed by atoms with E-state index in [9.17, 15) is 13.2 Å². The zero-order valence-electron chi connectivity index (χ0n) is 14.3. The molecule has 0 spiro atoms. The highest BCUT2D eigenvalue weighted by molar-refractivity contribution is 5.54. The van der Waals surface area contributed by atoms with Crippen molar-refractivity contribution in [1.82, 2.24) is 20.4 Å². The van der Waals surface area contributed by atoms with Gasteiger partial charge in [0.05, 0.1) is 0 Å². The van der Waals surface area contributed by atoms with E-state index in [0.29, 0.717) is 18.2 Å². The Bertz CT molecular complexity index is 921. The van der Waals surface area contributed by atoms with Crippen molar-refractivity contribution in [2.75, 3.05) is 0 Å². The fourth-order valence-electron chi connectivity index (χ4n) is 3.22. The Balaban J connectivity index is 1.37. The first-order chi connectivity index (χ1) is 13.0. The van der Waals surface area contributed by atoms with Crippen LogP contribution in [0.4, 0.5) is 13.2 Å². The van der Waals surface area contributed by atoms with Crippen molar-refractivity contribution in [3.63, 3.8) is 0 Å². The maximum absolute atomic E-state index is 12.5. The molecule has 3 aromatic rings. The van der Waals surface area contributed by atoms with Crippen LogP contribution in [0.1, 0.15) is 29.1 Å². The number of nitrogens with one attached hydrogen (secondary N) is 1. The van der Waals surface area contributed by atoms with Crippen LogP contribution in [0, 0.1) is 0 Å². The van der Waals surface area contributed by atoms with E-state index in [4.69, 9.17) is 0 Å². The number of fused-ring (bicyclic) bond motifs is 1. The van der Waals surface area contributed by atoms with Crippen LogP contribution in [0.2, 0.25) is 0 Å². The van der Waals surface area contributed by atoms with E-state index < -0.39 is 12.1 Å². The molecule has 140 valence electrons. The second-order valence-corrected chi connectivity index (χ2v) is 6.55. The molecule has 1 aromatic carbocycles. The lowest BCUT2D eigenvalue weighted by molar-refractivity contribution is -0.159. The van der Waals surface area contributed by atoms with Gasteiger partial charge in [-0.05, 0) is 36.5 Å². The van der Waals surface area contributed by atoms with Crippen molar-refractivity contribution in [3.05, 3.63) is 65.3 Å². The van der Waals surface area contributed by atoms with E-state index in [1.807, 2.05) is 24.4 Å². The predicted octanol–water partition coefficient (Wildman–Crippen LogP) is 3.80. The number of aryl methyl sites for hydroxylation is 1. The molecule has 2 aromatic heterocycles. The number of hydrogen-bond acceptors (Lipinski definition) is 5. The molecule has 0 bridgehead atoms. The lowest BCUT2D eigenvalue weighted by Crippen LogP contribution is -2.34. The number of benzene rings is 1. The van der Waals surface area contributed by atoms with Crippen LogP contribution in [-0.4, -0.2) is 21.2 Å². The summed E-state index contributed by atoms with van der Waals surface area (Å²) in [5.41, 5.74) is 3.98. The van der Waals surface area contributed by atoms with Crippen LogP contribution in [-0.2, 0) is 25.6 Å². The molecule has 0 saturated carbocycles. The van der Waals surface area contributed by atoms with Gasteiger partial charge in [0, 0.05) is 30.0 Å². The Kier molecular flexibility index (Phi) is 4.65. The van der Waals surface area contributed by atoms with Crippen molar-refractivity contribution < 1.29 is 17.7 Å². The molecule has 0 aliphatic heterocycles. The Morgan fingerprint density at radius 2 is 1.96 bits per heavy atom. The summed E-state index contributed by atoms with van der Waals surface area (Å²) in [6.07, 6.45) is 0.139. The molecule has 0 amide bonds. The molecule has 0 radical (unpaired) electrons. The third kappa shape index (κ3) is 4.00. The van der Waals surface area contributed by atoms with Crippen molar-refractivity contribution in [1.29, 1.82) is 0 Å². The molecule has 1 N–H and O–H groups in total. The highest BCUT2D eigenvalue weighted by Gasteiger charge is 2.38. The van der Waals surface area contributed by atoms with Gasteiger partial charge in [0.1, 0.15) is 0 Å². The maximum Gasteiger partial charge on any atom is 0.471 e. The fourth-order valence-corrected chi connectivity index (χ4v) is 3.22. The summed E-state index contributed by atoms with van der Waals surface area (Å²) in [6, 6.07) is 11.6. The lowest BCUT2D eigenvalue weighted by atomic mass is 9.92. The Hall–Kier alpha value is -2.74. The average molecular weight is 374 g/mol. The van der Waals surface area contributed by atoms with Crippen LogP contribution >= 0.6 is 0 Å². The molecular formula is C19H17F3N4O. The van der Waals surface area contributed by atoms with Crippen LogP contribution < -0.4 is 5.32 Å². The molecule has 0 saturated heterocycles. The summed E-state index contributed by atoms with van der Waals surface area (Å²) in [5.74, 6) is -1.41. The first-order valence-electron chi connectivity index (χ1n) is 8.65. The smallest absolute Gasteiger partial charge is 0.329 e. The van der Waals surface area contributed by atoms with Gasteiger partial charge in [-0.15, -0.1) is 0 Å². The molecule has 1 atom stereocenters. The normalized spacial score (nSPS) is 16.9. The van der Waals surface area contributed by atoms with Crippen molar-refractivity contribution in [2.45, 2.75) is 38.0 Å². The monoisotopic (exact) mass is 374 g/mol. The molecule has 2 heterocycles. The van der Waals surface area contributed by atoms with Crippen LogP contribution in [0.15, 0.2) is 47.1 Å². The summed E-state index contributed by atoms with van der Waals surface area (Å²) in [7, 11) is 0. The summed E-state index contributed by atoms with van der Waals surface area (Å²) in [5, 5.41) is 6.93. The number of alkyl halides is 3. The van der Waals surface area contributed by atoms with Gasteiger partial charge in [-0.25, -0.2) is 0 Å². The van der Waals surface area contributed by atoms with Crippen molar-refractivity contribution in [3.8, 4) is 11.4 Å². The molecule has 4 rings (SSSR count). The number of halogens is 3. The van der Waals surface area contributed by atoms with Gasteiger partial charge >= 0.3 is 12.1 Å². The molecule has 5 nitrogen and oxygen atoms in total. The quantitative estimate of drug-likeness (QED) is 0.753. The minimum atomic E-state index is -4.64. The van der Waals surface area contributed by atoms with E-state index in [1.54, 1.807) is 12.1 Å². The zero-order chi connectivity index (χ0) is 18.9. The van der Waals surface area contributed by atoms with E-state index in [0.717, 1.165) is 24.8 Å². The van der Waals surface area contributed by atoms with Crippen LogP contribution in [0.25, 0.3) is 11.4 Å². The third-order valence-electron chi connectivity index (χ3n) is 4.66. The number of hydrogen-bond donors (Lipinski definition) is 1. The van der Waals surface area contributed by atoms with Gasteiger partial charge in [0.25, 0.3) is 0 Å². The molecule has 0 fully saturated rings. The highest BCUT2D eigenvalue weighted by Crippen LogP contribution is 2.29. The summed E-state index contributed by atoms with van der Waals surface area (Å²) in [6.45, 7) is 0.681. The summed E-state index contributed by atoms with van der Waals surface area (Å²) in [4.78, 5) is 7.81. The minimum Gasteiger partial charge on any atom is -0.329 e. The Morgan fingerprint density at radius 3 is 2.70 bits per heavy atom. The first-order valence-corrected chi connectivity index (χ1v) is 8.65. The van der Waals surface area contributed by atoms with E-state index in [-0.39, 0.29) is 5.82 Å². The largest absolute Gasteiger partial charge is 0.471 e. The van der Waals surface area contributed by atoms with E-state index in [2.05, 4.69) is 31.0 Å². The Morgan fingerprint density at radius 1 is 1.15 bits per heavy atom. The van der Waals surface area contributed by atoms with Crippen LogP contribution in [0.5, 0.6) is 0 Å². The Labute approximate surface area is 153 Å². The minimum absolute atomic E-state index is 0.0711. The molecular weight excluding hydrogens is 357 g/mol. The number of nitrogens with zero attached hydrogens (tertiary/aromatic N) is 3. The molecule has 1 aliphatic carbocycles. The lowest BCUT2D eigenvalue weighted by Gasteiger charge is -2.24. The van der Waals surface area contributed by atoms with Gasteiger partial charge < -0.3 is 9.84 Å². The van der Waals surface area contributed by atoms with E-state index >= 15 is 0 Å². The molecule has 1 unspecified atom stereocenters. The fraction of sp³-hybridized carbons (Fsp3) is 0.316. The van der Waals surface area contributed by atoms with Gasteiger partial charge in [-0.1, -0.05) is 35.5 Å². The van der Waals surface area contributed by atoms with Gasteiger partial charge in [-0.3, -0.25) is 4.98 Å². The third-order valence-corrected chi connectivity index (χ3v) is 4.66. The number of pyridine rings is 1. The van der Waals surface area contributed by atoms with Crippen molar-refractivity contribution in [2.24, 2.45) is 0 Å². The average Bonchev–Trinajstić information content (AvgIpc) is 3.17. The maximum atomic E-state index is 12.5. The standard InChI is InChI=1S/C19H17F3N4O/c20-19(21,22)18-25-17(26-27-18)13-5-3-12(4-6-13)11-24-15-7-8-16-14(10-15)2-1-9-23-16/h1-6,9,15,24H,7-8,10-11H2. The van der Waals surface area contributed by atoms with Gasteiger partial charge in [-0.2, -0.15) is 18.2 Å². The highest BCUT2D eigenvalue weighted by atomic mass is 19.4. The topological polar surface area (TPSA) is 63.8 Å². The van der Waals surface area contributed by atoms with Gasteiger partial charge in [0.15, 0.2) is 0 Å². The molecule has 8 heteroatoms. The summed E-state index contributed by atoms with van der Waals surface area (Å²) < 4.78 is 41.9. The molecule has 27 heavy (non-hydrogen) atoms. The second-order valence-electron chi connectivity index (χ2n) is 6.55.